The normalized spacial score (nSPS) is 19.5. The van der Waals surface area contributed by atoms with E-state index in [1.54, 1.807) is 0 Å². The third-order valence-corrected chi connectivity index (χ3v) is 4.44. The van der Waals surface area contributed by atoms with Crippen molar-refractivity contribution in [3.05, 3.63) is 29.6 Å². The number of nitrogens with zero attached hydrogens (tertiary/aromatic N) is 3. The van der Waals surface area contributed by atoms with Crippen molar-refractivity contribution in [2.75, 3.05) is 20.2 Å². The molecule has 1 aliphatic heterocycles. The van der Waals surface area contributed by atoms with Gasteiger partial charge in [0.2, 0.25) is 0 Å². The molecule has 0 radical (unpaired) electrons. The third kappa shape index (κ3) is 2.86. The Kier molecular flexibility index (Phi) is 4.16. The van der Waals surface area contributed by atoms with E-state index in [4.69, 9.17) is 4.74 Å². The molecule has 0 saturated carbocycles. The Bertz CT molecular complexity index is 693. The van der Waals surface area contributed by atoms with Gasteiger partial charge in [0.15, 0.2) is 0 Å². The van der Waals surface area contributed by atoms with Gasteiger partial charge in [-0.2, -0.15) is 0 Å². The lowest BCUT2D eigenvalue weighted by molar-refractivity contribution is 0.0594. The van der Waals surface area contributed by atoms with Crippen LogP contribution in [0.3, 0.4) is 0 Å². The second-order valence-corrected chi connectivity index (χ2v) is 6.30. The molecule has 0 bridgehead atoms. The van der Waals surface area contributed by atoms with Crippen molar-refractivity contribution in [2.24, 2.45) is 13.0 Å². The van der Waals surface area contributed by atoms with Crippen LogP contribution in [0.15, 0.2) is 18.3 Å². The average Bonchev–Trinajstić information content (AvgIpc) is 2.88. The number of carbonyl (C=O) groups is 1. The van der Waals surface area contributed by atoms with E-state index < -0.39 is 0 Å². The summed E-state index contributed by atoms with van der Waals surface area (Å²) in [4.78, 5) is 18.7. The highest BCUT2D eigenvalue weighted by Gasteiger charge is 2.20. The van der Waals surface area contributed by atoms with E-state index >= 15 is 0 Å². The van der Waals surface area contributed by atoms with E-state index in [1.807, 2.05) is 25.4 Å². The second-order valence-electron chi connectivity index (χ2n) is 6.30. The van der Waals surface area contributed by atoms with Crippen LogP contribution in [0, 0.1) is 5.92 Å². The molecular weight excluding hydrogens is 278 g/mol. The lowest BCUT2D eigenvalue weighted by atomic mass is 9.99. The predicted molar refractivity (Wildman–Crippen MR) is 85.7 cm³/mol. The van der Waals surface area contributed by atoms with Crippen LogP contribution in [0.4, 0.5) is 0 Å². The number of methoxy groups -OCH3 is 1. The minimum Gasteiger partial charge on any atom is -0.464 e. The van der Waals surface area contributed by atoms with Gasteiger partial charge in [-0.25, -0.2) is 9.78 Å². The first kappa shape index (κ1) is 15.0. The molecule has 2 aromatic heterocycles. The molecule has 0 aromatic carbocycles. The van der Waals surface area contributed by atoms with E-state index in [0.29, 0.717) is 5.69 Å². The molecule has 3 heterocycles. The van der Waals surface area contributed by atoms with Gasteiger partial charge in [-0.15, -0.1) is 0 Å². The Morgan fingerprint density at radius 2 is 2.32 bits per heavy atom. The van der Waals surface area contributed by atoms with Crippen molar-refractivity contribution >= 4 is 17.0 Å². The van der Waals surface area contributed by atoms with E-state index in [0.717, 1.165) is 42.1 Å². The Labute approximate surface area is 130 Å². The molecule has 1 aliphatic rings. The van der Waals surface area contributed by atoms with E-state index in [2.05, 4.69) is 21.4 Å². The largest absolute Gasteiger partial charge is 0.464 e. The van der Waals surface area contributed by atoms with Crippen molar-refractivity contribution in [1.82, 2.24) is 14.5 Å². The second kappa shape index (κ2) is 6.08. The molecule has 0 unspecified atom stereocenters. The third-order valence-electron chi connectivity index (χ3n) is 4.44. The molecule has 5 nitrogen and oxygen atoms in total. The zero-order valence-electron chi connectivity index (χ0n) is 13.5. The van der Waals surface area contributed by atoms with Crippen LogP contribution in [0.5, 0.6) is 0 Å². The topological polar surface area (TPSA) is 47.4 Å². The number of piperidine rings is 1. The molecule has 2 aromatic rings. The van der Waals surface area contributed by atoms with Crippen LogP contribution in [-0.2, 0) is 18.3 Å². The number of aromatic nitrogens is 2. The monoisotopic (exact) mass is 301 g/mol. The van der Waals surface area contributed by atoms with E-state index in [9.17, 15) is 4.79 Å². The van der Waals surface area contributed by atoms with Crippen LogP contribution in [0.25, 0.3) is 11.0 Å². The van der Waals surface area contributed by atoms with Crippen molar-refractivity contribution in [2.45, 2.75) is 26.3 Å². The maximum Gasteiger partial charge on any atom is 0.356 e. The highest BCUT2D eigenvalue weighted by Crippen LogP contribution is 2.24. The van der Waals surface area contributed by atoms with Crippen LogP contribution < -0.4 is 0 Å². The van der Waals surface area contributed by atoms with Crippen LogP contribution in [-0.4, -0.2) is 40.6 Å². The van der Waals surface area contributed by atoms with E-state index in [1.165, 1.54) is 20.0 Å². The summed E-state index contributed by atoms with van der Waals surface area (Å²) < 4.78 is 6.91. The summed E-state index contributed by atoms with van der Waals surface area (Å²) >= 11 is 0. The molecule has 1 fully saturated rings. The fourth-order valence-electron chi connectivity index (χ4n) is 3.39. The maximum absolute atomic E-state index is 11.9. The molecule has 0 aliphatic carbocycles. The maximum atomic E-state index is 11.9. The van der Waals surface area contributed by atoms with Crippen LogP contribution in [0.2, 0.25) is 0 Å². The zero-order chi connectivity index (χ0) is 15.7. The molecule has 1 atom stereocenters. The molecule has 22 heavy (non-hydrogen) atoms. The highest BCUT2D eigenvalue weighted by atomic mass is 16.5. The quantitative estimate of drug-likeness (QED) is 0.818. The number of hydrogen-bond donors (Lipinski definition) is 0. The average molecular weight is 301 g/mol. The Balaban J connectivity index is 1.98. The summed E-state index contributed by atoms with van der Waals surface area (Å²) in [5.74, 6) is 0.360. The lowest BCUT2D eigenvalue weighted by Crippen LogP contribution is -2.34. The number of fused-ring (bicyclic) bond motifs is 1. The SMILES string of the molecule is COC(=O)c1cc(CN2CCC[C@H](C)C2)c2c(ccn2C)n1. The van der Waals surface area contributed by atoms with Gasteiger partial charge in [0.05, 0.1) is 18.1 Å². The fraction of sp³-hybridized carbons (Fsp3) is 0.529. The Morgan fingerprint density at radius 3 is 3.05 bits per heavy atom. The van der Waals surface area contributed by atoms with Crippen LogP contribution >= 0.6 is 0 Å². The van der Waals surface area contributed by atoms with Crippen molar-refractivity contribution in [1.29, 1.82) is 0 Å². The van der Waals surface area contributed by atoms with Gasteiger partial charge < -0.3 is 9.30 Å². The number of rotatable bonds is 3. The summed E-state index contributed by atoms with van der Waals surface area (Å²) in [5, 5.41) is 0. The number of carbonyl (C=O) groups excluding carboxylic acids is 1. The molecule has 0 N–H and O–H groups in total. The standard InChI is InChI=1S/C17H23N3O2/c1-12-5-4-7-20(10-12)11-13-9-15(17(21)22-3)18-14-6-8-19(2)16(13)14/h6,8-9,12H,4-5,7,10-11H2,1-3H3/t12-/m0/s1. The summed E-state index contributed by atoms with van der Waals surface area (Å²) in [6.45, 7) is 5.38. The molecule has 3 rings (SSSR count). The molecular formula is C17H23N3O2. The van der Waals surface area contributed by atoms with Crippen LogP contribution in [0.1, 0.15) is 35.8 Å². The molecule has 1 saturated heterocycles. The number of likely N-dealkylation sites (tertiary alicyclic amines) is 1. The summed E-state index contributed by atoms with van der Waals surface area (Å²) in [5.41, 5.74) is 3.49. The highest BCUT2D eigenvalue weighted by molar-refractivity contribution is 5.91. The summed E-state index contributed by atoms with van der Waals surface area (Å²) in [6.07, 6.45) is 4.53. The van der Waals surface area contributed by atoms with Gasteiger partial charge in [0, 0.05) is 26.3 Å². The molecule has 0 spiro atoms. The minimum atomic E-state index is -0.376. The summed E-state index contributed by atoms with van der Waals surface area (Å²) in [6, 6.07) is 3.83. The smallest absolute Gasteiger partial charge is 0.356 e. The molecule has 118 valence electrons. The zero-order valence-corrected chi connectivity index (χ0v) is 13.5. The number of pyridine rings is 1. The van der Waals surface area contributed by atoms with Gasteiger partial charge in [-0.3, -0.25) is 4.90 Å². The van der Waals surface area contributed by atoms with Crippen molar-refractivity contribution in [3.8, 4) is 0 Å². The van der Waals surface area contributed by atoms with Crippen molar-refractivity contribution < 1.29 is 9.53 Å². The van der Waals surface area contributed by atoms with Crippen molar-refractivity contribution in [3.63, 3.8) is 0 Å². The Hall–Kier alpha value is -1.88. The van der Waals surface area contributed by atoms with Gasteiger partial charge in [-0.1, -0.05) is 6.92 Å². The van der Waals surface area contributed by atoms with E-state index in [-0.39, 0.29) is 5.97 Å². The predicted octanol–water partition coefficient (Wildman–Crippen LogP) is 2.59. The number of aryl methyl sites for hydroxylation is 1. The summed E-state index contributed by atoms with van der Waals surface area (Å²) in [7, 11) is 3.41. The molecule has 5 heteroatoms. The number of esters is 1. The number of ether oxygens (including phenoxy) is 1. The van der Waals surface area contributed by atoms with Gasteiger partial charge in [0.25, 0.3) is 0 Å². The van der Waals surface area contributed by atoms with Gasteiger partial charge in [0.1, 0.15) is 5.69 Å². The number of hydrogen-bond acceptors (Lipinski definition) is 4. The fourth-order valence-corrected chi connectivity index (χ4v) is 3.39. The lowest BCUT2D eigenvalue weighted by Gasteiger charge is -2.31. The van der Waals surface area contributed by atoms with Gasteiger partial charge in [-0.05, 0) is 43.0 Å². The van der Waals surface area contributed by atoms with Gasteiger partial charge >= 0.3 is 5.97 Å². The first-order chi connectivity index (χ1) is 10.6. The first-order valence-electron chi connectivity index (χ1n) is 7.84. The Morgan fingerprint density at radius 1 is 1.50 bits per heavy atom. The molecule has 0 amide bonds. The first-order valence-corrected chi connectivity index (χ1v) is 7.84. The minimum absolute atomic E-state index is 0.376.